The third kappa shape index (κ3) is 4.45. The van der Waals surface area contributed by atoms with Crippen LogP contribution in [-0.2, 0) is 20.9 Å². The molecule has 1 N–H and O–H groups in total. The molecule has 0 radical (unpaired) electrons. The van der Waals surface area contributed by atoms with E-state index in [9.17, 15) is 19.2 Å². The molecule has 0 bridgehead atoms. The summed E-state index contributed by atoms with van der Waals surface area (Å²) in [5.41, 5.74) is 1.94. The number of rotatable bonds is 6. The molecule has 6 rings (SSSR count). The first kappa shape index (κ1) is 25.1. The zero-order valence-electron chi connectivity index (χ0n) is 20.8. The van der Waals surface area contributed by atoms with Gasteiger partial charge in [0, 0.05) is 16.5 Å². The molecule has 1 aromatic heterocycles. The van der Waals surface area contributed by atoms with Crippen LogP contribution in [0.4, 0.5) is 11.4 Å². The number of ether oxygens (including phenoxy) is 1. The van der Waals surface area contributed by atoms with Crippen molar-refractivity contribution < 1.29 is 19.1 Å². The summed E-state index contributed by atoms with van der Waals surface area (Å²) in [6.45, 7) is -0.199. The summed E-state index contributed by atoms with van der Waals surface area (Å²) >= 11 is 2.23. The third-order valence-electron chi connectivity index (χ3n) is 6.90. The fourth-order valence-corrected chi connectivity index (χ4v) is 7.90. The van der Waals surface area contributed by atoms with Gasteiger partial charge in [0.1, 0.15) is 17.5 Å². The fraction of sp³-hybridized carbons (Fsp3) is 0.172. The van der Waals surface area contributed by atoms with Gasteiger partial charge >= 0.3 is 4.87 Å². The number of fused-ring (bicyclic) bond motifs is 2. The molecule has 10 heteroatoms. The third-order valence-corrected chi connectivity index (χ3v) is 9.50. The molecule has 1 fully saturated rings. The lowest BCUT2D eigenvalue weighted by Crippen LogP contribution is -2.33. The van der Waals surface area contributed by atoms with Gasteiger partial charge in [-0.1, -0.05) is 71.6 Å². The molecule has 3 amide bonds. The SMILES string of the molecule is COc1ccc(N2C(=O)C3Sc4c(sc(=O)n4CC(=O)Nc4ccccc4)C(c4ccccc4)C3C2=O)cc1. The highest BCUT2D eigenvalue weighted by molar-refractivity contribution is 8.00. The molecule has 2 aliphatic rings. The van der Waals surface area contributed by atoms with E-state index in [2.05, 4.69) is 5.32 Å². The van der Waals surface area contributed by atoms with Gasteiger partial charge in [-0.3, -0.25) is 23.7 Å². The van der Waals surface area contributed by atoms with Crippen molar-refractivity contribution in [3.05, 3.63) is 105 Å². The summed E-state index contributed by atoms with van der Waals surface area (Å²) in [7, 11) is 1.55. The Labute approximate surface area is 232 Å². The summed E-state index contributed by atoms with van der Waals surface area (Å²) in [5, 5.41) is 2.63. The van der Waals surface area contributed by atoms with Crippen LogP contribution >= 0.6 is 23.1 Å². The number of methoxy groups -OCH3 is 1. The molecule has 3 unspecified atom stereocenters. The van der Waals surface area contributed by atoms with Crippen molar-refractivity contribution in [1.82, 2.24) is 4.57 Å². The van der Waals surface area contributed by atoms with E-state index in [4.69, 9.17) is 4.74 Å². The van der Waals surface area contributed by atoms with Crippen LogP contribution in [0, 0.1) is 5.92 Å². The molecule has 4 aromatic rings. The Balaban J connectivity index is 1.40. The van der Waals surface area contributed by atoms with Gasteiger partial charge in [-0.05, 0) is 42.0 Å². The van der Waals surface area contributed by atoms with Crippen molar-refractivity contribution in [1.29, 1.82) is 0 Å². The zero-order valence-corrected chi connectivity index (χ0v) is 22.4. The van der Waals surface area contributed by atoms with E-state index in [0.717, 1.165) is 16.9 Å². The number of benzene rings is 3. The average molecular weight is 558 g/mol. The maximum absolute atomic E-state index is 13.9. The summed E-state index contributed by atoms with van der Waals surface area (Å²) < 4.78 is 6.64. The second-order valence-corrected chi connectivity index (χ2v) is 11.3. The van der Waals surface area contributed by atoms with Crippen molar-refractivity contribution >= 4 is 52.2 Å². The maximum Gasteiger partial charge on any atom is 0.308 e. The number of carbonyl (C=O) groups excluding carboxylic acids is 3. The van der Waals surface area contributed by atoms with Gasteiger partial charge in [0.15, 0.2) is 0 Å². The summed E-state index contributed by atoms with van der Waals surface area (Å²) in [6.07, 6.45) is 0. The number of hydrogen-bond acceptors (Lipinski definition) is 7. The molecule has 1 saturated heterocycles. The molecule has 196 valence electrons. The number of imide groups is 1. The standard InChI is InChI=1S/C29H23N3O5S2/c1-37-20-14-12-19(13-15-20)32-26(34)23-22(17-8-4-2-5-9-17)25-28(38-24(23)27(32)35)31(29(36)39-25)16-21(33)30-18-10-6-3-7-11-18/h2-15,22-24H,16H2,1H3,(H,30,33). The number of nitrogens with one attached hydrogen (secondary N) is 1. The normalized spacial score (nSPS) is 19.9. The van der Waals surface area contributed by atoms with Crippen LogP contribution < -0.4 is 19.8 Å². The van der Waals surface area contributed by atoms with E-state index in [1.807, 2.05) is 48.5 Å². The molecule has 3 aromatic carbocycles. The monoisotopic (exact) mass is 557 g/mol. The number of carbonyl (C=O) groups is 3. The summed E-state index contributed by atoms with van der Waals surface area (Å²) in [6, 6.07) is 25.3. The van der Waals surface area contributed by atoms with Gasteiger partial charge in [0.2, 0.25) is 17.7 Å². The van der Waals surface area contributed by atoms with Gasteiger partial charge in [0.25, 0.3) is 0 Å². The van der Waals surface area contributed by atoms with Crippen molar-refractivity contribution in [2.24, 2.45) is 5.92 Å². The van der Waals surface area contributed by atoms with Gasteiger partial charge in [-0.15, -0.1) is 0 Å². The van der Waals surface area contributed by atoms with E-state index >= 15 is 0 Å². The smallest absolute Gasteiger partial charge is 0.308 e. The van der Waals surface area contributed by atoms with Crippen LogP contribution in [0.2, 0.25) is 0 Å². The minimum Gasteiger partial charge on any atom is -0.497 e. The predicted molar refractivity (Wildman–Crippen MR) is 151 cm³/mol. The molecule has 39 heavy (non-hydrogen) atoms. The molecule has 3 atom stereocenters. The van der Waals surface area contributed by atoms with Gasteiger partial charge in [-0.2, -0.15) is 0 Å². The van der Waals surface area contributed by atoms with Crippen molar-refractivity contribution in [2.75, 3.05) is 17.3 Å². The van der Waals surface area contributed by atoms with Gasteiger partial charge in [-0.25, -0.2) is 4.90 Å². The van der Waals surface area contributed by atoms with E-state index in [0.29, 0.717) is 27.0 Å². The lowest BCUT2D eigenvalue weighted by Gasteiger charge is -2.30. The van der Waals surface area contributed by atoms with Crippen LogP contribution in [0.1, 0.15) is 16.4 Å². The Bertz CT molecular complexity index is 1620. The first-order chi connectivity index (χ1) is 19.0. The Hall–Kier alpha value is -4.15. The fourth-order valence-electron chi connectivity index (χ4n) is 5.13. The number of thiazole rings is 1. The average Bonchev–Trinajstić information content (AvgIpc) is 3.40. The van der Waals surface area contributed by atoms with E-state index in [-0.39, 0.29) is 29.1 Å². The number of aromatic nitrogens is 1. The largest absolute Gasteiger partial charge is 0.497 e. The Morgan fingerprint density at radius 3 is 2.23 bits per heavy atom. The molecule has 2 aliphatic heterocycles. The van der Waals surface area contributed by atoms with Crippen LogP contribution in [0.25, 0.3) is 0 Å². The molecular formula is C29H23N3O5S2. The van der Waals surface area contributed by atoms with E-state index in [1.54, 1.807) is 43.5 Å². The van der Waals surface area contributed by atoms with Crippen molar-refractivity contribution in [2.45, 2.75) is 22.7 Å². The molecule has 0 saturated carbocycles. The highest BCUT2D eigenvalue weighted by Gasteiger charge is 2.56. The van der Waals surface area contributed by atoms with Crippen LogP contribution in [-0.4, -0.2) is 34.6 Å². The van der Waals surface area contributed by atoms with E-state index < -0.39 is 17.1 Å². The maximum atomic E-state index is 13.9. The highest BCUT2D eigenvalue weighted by atomic mass is 32.2. The molecule has 3 heterocycles. The van der Waals surface area contributed by atoms with Crippen LogP contribution in [0.15, 0.2) is 94.7 Å². The quantitative estimate of drug-likeness (QED) is 0.354. The number of amides is 3. The topological polar surface area (TPSA) is 97.7 Å². The second kappa shape index (κ2) is 10.2. The molecule has 8 nitrogen and oxygen atoms in total. The Kier molecular flexibility index (Phi) is 6.58. The first-order valence-electron chi connectivity index (χ1n) is 12.3. The predicted octanol–water partition coefficient (Wildman–Crippen LogP) is 4.35. The number of hydrogen-bond donors (Lipinski definition) is 1. The van der Waals surface area contributed by atoms with Gasteiger partial charge in [0.05, 0.1) is 23.7 Å². The lowest BCUT2D eigenvalue weighted by molar-refractivity contribution is -0.122. The van der Waals surface area contributed by atoms with Crippen LogP contribution in [0.5, 0.6) is 5.75 Å². The molecule has 0 spiro atoms. The highest BCUT2D eigenvalue weighted by Crippen LogP contribution is 2.53. The van der Waals surface area contributed by atoms with E-state index in [1.165, 1.54) is 21.2 Å². The molecular weight excluding hydrogens is 534 g/mol. The second-order valence-electron chi connectivity index (χ2n) is 9.20. The Morgan fingerprint density at radius 1 is 0.897 bits per heavy atom. The summed E-state index contributed by atoms with van der Waals surface area (Å²) in [4.78, 5) is 55.4. The minimum absolute atomic E-state index is 0.199. The zero-order chi connectivity index (χ0) is 27.1. The molecule has 0 aliphatic carbocycles. The first-order valence-corrected chi connectivity index (χ1v) is 14.0. The van der Waals surface area contributed by atoms with Gasteiger partial charge < -0.3 is 10.1 Å². The lowest BCUT2D eigenvalue weighted by atomic mass is 9.83. The van der Waals surface area contributed by atoms with Crippen molar-refractivity contribution in [3.63, 3.8) is 0 Å². The number of nitrogens with zero attached hydrogens (tertiary/aromatic N) is 2. The van der Waals surface area contributed by atoms with Crippen molar-refractivity contribution in [3.8, 4) is 5.75 Å². The van der Waals surface area contributed by atoms with Crippen LogP contribution in [0.3, 0.4) is 0 Å². The summed E-state index contributed by atoms with van der Waals surface area (Å²) in [5.74, 6) is -1.57. The minimum atomic E-state index is -0.741. The number of anilines is 2. The number of para-hydroxylation sites is 1. The Morgan fingerprint density at radius 2 is 1.56 bits per heavy atom. The number of thioether (sulfide) groups is 1.